The van der Waals surface area contributed by atoms with Crippen LogP contribution in [-0.2, 0) is 19.0 Å². The molecule has 2 heterocycles. The van der Waals surface area contributed by atoms with E-state index < -0.39 is 90.0 Å². The van der Waals surface area contributed by atoms with Gasteiger partial charge in [0.05, 0.1) is 35.9 Å². The molecule has 49 heavy (non-hydrogen) atoms. The van der Waals surface area contributed by atoms with Crippen LogP contribution in [0.2, 0.25) is 0 Å². The van der Waals surface area contributed by atoms with E-state index in [0.29, 0.717) is 18.7 Å². The van der Waals surface area contributed by atoms with Crippen molar-refractivity contribution < 1.29 is 49.3 Å². The van der Waals surface area contributed by atoms with E-state index in [1.165, 1.54) is 18.7 Å². The summed E-state index contributed by atoms with van der Waals surface area (Å²) in [7, 11) is 1.58. The van der Waals surface area contributed by atoms with Gasteiger partial charge in [-0.2, -0.15) is 0 Å². The molecule has 14 atom stereocenters. The van der Waals surface area contributed by atoms with Gasteiger partial charge in [-0.05, 0) is 85.4 Å². The first-order valence-corrected chi connectivity index (χ1v) is 17.5. The number of aryl methyl sites for hydroxylation is 1. The first-order valence-electron chi connectivity index (χ1n) is 17.5. The number of urea groups is 1. The molecular weight excluding hydrogens is 634 g/mol. The van der Waals surface area contributed by atoms with Crippen molar-refractivity contribution in [1.82, 2.24) is 10.2 Å². The number of anilines is 1. The van der Waals surface area contributed by atoms with Crippen molar-refractivity contribution in [2.75, 3.05) is 18.9 Å². The number of carbonyl (C=O) groups is 2. The van der Waals surface area contributed by atoms with Crippen molar-refractivity contribution in [3.05, 3.63) is 29.8 Å². The average Bonchev–Trinajstić information content (AvgIpc) is 3.04. The number of nitrogens with zero attached hydrogens (tertiary/aromatic N) is 1. The molecule has 13 heteroatoms. The van der Waals surface area contributed by atoms with E-state index in [4.69, 9.17) is 14.2 Å². The maximum atomic E-state index is 13.4. The number of nitrogens with one attached hydrogen (secondary N) is 2. The number of esters is 1. The fourth-order valence-corrected chi connectivity index (χ4v) is 7.23. The normalized spacial score (nSPS) is 41.6. The largest absolute Gasteiger partial charge is 0.459 e. The highest BCUT2D eigenvalue weighted by Gasteiger charge is 2.49. The molecule has 0 spiro atoms. The van der Waals surface area contributed by atoms with Crippen LogP contribution in [0.3, 0.4) is 0 Å². The number of carbonyl (C=O) groups excluding carboxylic acids is 2. The molecule has 13 nitrogen and oxygen atoms in total. The van der Waals surface area contributed by atoms with Gasteiger partial charge >= 0.3 is 12.0 Å². The molecule has 2 amide bonds. The van der Waals surface area contributed by atoms with Crippen LogP contribution in [0.4, 0.5) is 10.5 Å². The number of ether oxygens (including phenoxy) is 3. The van der Waals surface area contributed by atoms with Crippen LogP contribution < -0.4 is 10.6 Å². The van der Waals surface area contributed by atoms with E-state index in [1.54, 1.807) is 53.8 Å². The number of hydrogen-bond donors (Lipinski definition) is 7. The van der Waals surface area contributed by atoms with E-state index in [2.05, 4.69) is 10.6 Å². The Labute approximate surface area is 291 Å². The van der Waals surface area contributed by atoms with Crippen LogP contribution in [-0.4, -0.2) is 122 Å². The zero-order chi connectivity index (χ0) is 37.0. The zero-order valence-corrected chi connectivity index (χ0v) is 30.8. The van der Waals surface area contributed by atoms with Crippen molar-refractivity contribution in [2.24, 2.45) is 17.8 Å². The first-order chi connectivity index (χ1) is 22.7. The molecule has 0 unspecified atom stereocenters. The summed E-state index contributed by atoms with van der Waals surface area (Å²) in [6.45, 7) is 15.6. The van der Waals surface area contributed by atoms with Gasteiger partial charge in [0, 0.05) is 24.7 Å². The fraction of sp³-hybridized carbons (Fsp3) is 0.778. The molecule has 0 saturated carbocycles. The van der Waals surface area contributed by atoms with Crippen LogP contribution in [0, 0.1) is 24.7 Å². The second kappa shape index (κ2) is 16.8. The third-order valence-electron chi connectivity index (χ3n) is 10.4. The minimum atomic E-state index is -1.79. The Hall–Kier alpha value is -2.36. The van der Waals surface area contributed by atoms with Gasteiger partial charge in [0.1, 0.15) is 23.9 Å². The Morgan fingerprint density at radius 1 is 1.06 bits per heavy atom. The summed E-state index contributed by atoms with van der Waals surface area (Å²) in [4.78, 5) is 28.0. The molecular formula is C36H61N3O10. The number of cyclic esters (lactones) is 1. The van der Waals surface area contributed by atoms with Gasteiger partial charge in [0.15, 0.2) is 6.29 Å². The highest BCUT2D eigenvalue weighted by Crippen LogP contribution is 2.36. The van der Waals surface area contributed by atoms with Crippen LogP contribution in [0.5, 0.6) is 0 Å². The number of benzene rings is 1. The minimum absolute atomic E-state index is 0.165. The van der Waals surface area contributed by atoms with Crippen LogP contribution >= 0.6 is 0 Å². The summed E-state index contributed by atoms with van der Waals surface area (Å²) in [6.07, 6.45) is -7.26. The number of amides is 2. The summed E-state index contributed by atoms with van der Waals surface area (Å²) in [5.74, 6) is -2.97. The third kappa shape index (κ3) is 9.91. The van der Waals surface area contributed by atoms with Crippen LogP contribution in [0.15, 0.2) is 24.3 Å². The van der Waals surface area contributed by atoms with Gasteiger partial charge in [0.2, 0.25) is 0 Å². The van der Waals surface area contributed by atoms with Gasteiger partial charge in [0.25, 0.3) is 0 Å². The zero-order valence-electron chi connectivity index (χ0n) is 30.8. The highest BCUT2D eigenvalue weighted by atomic mass is 16.7. The smallest absolute Gasteiger partial charge is 0.321 e. The lowest BCUT2D eigenvalue weighted by atomic mass is 9.78. The molecule has 3 rings (SSSR count). The van der Waals surface area contributed by atoms with Gasteiger partial charge in [-0.15, -0.1) is 0 Å². The molecule has 7 N–H and O–H groups in total. The molecule has 2 fully saturated rings. The van der Waals surface area contributed by atoms with E-state index in [0.717, 1.165) is 5.56 Å². The molecule has 0 bridgehead atoms. The minimum Gasteiger partial charge on any atom is -0.459 e. The predicted molar refractivity (Wildman–Crippen MR) is 185 cm³/mol. The molecule has 0 aromatic heterocycles. The maximum Gasteiger partial charge on any atom is 0.321 e. The lowest BCUT2D eigenvalue weighted by Gasteiger charge is -2.47. The summed E-state index contributed by atoms with van der Waals surface area (Å²) >= 11 is 0. The Morgan fingerprint density at radius 3 is 2.27 bits per heavy atom. The predicted octanol–water partition coefficient (Wildman–Crippen LogP) is 2.54. The molecule has 2 aliphatic heterocycles. The number of aliphatic hydroxyl groups is 5. The van der Waals surface area contributed by atoms with Crippen molar-refractivity contribution >= 4 is 17.7 Å². The standard InChI is InChI=1S/C36H61N3O10/c1-11-27-36(9,46)30(42)24(7)37-18-20(3)17-35(8,45)31(22(5)28(40)23(6)32(43)48-27)49-33-29(41)26(16-21(4)47-33)39(10)34(44)38-25-14-12-19(2)13-15-25/h12-15,20-24,26-31,33,37,40-42,45-46H,11,16-18H2,1-10H3,(H,38,44)/t20-,21-,22+,23-,24-,26+,27-,28+,29-,30-,31-,33+,35-,36-/m1/s1. The molecule has 0 radical (unpaired) electrons. The van der Waals surface area contributed by atoms with Crippen molar-refractivity contribution in [1.29, 1.82) is 0 Å². The van der Waals surface area contributed by atoms with E-state index in [-0.39, 0.29) is 18.8 Å². The summed E-state index contributed by atoms with van der Waals surface area (Å²) in [6, 6.07) is 5.61. The number of hydrogen-bond acceptors (Lipinski definition) is 11. The molecule has 280 valence electrons. The average molecular weight is 696 g/mol. The van der Waals surface area contributed by atoms with Crippen molar-refractivity contribution in [2.45, 2.75) is 148 Å². The highest BCUT2D eigenvalue weighted by molar-refractivity contribution is 5.89. The SMILES string of the molecule is CC[C@H]1OC(=O)[C@H](C)[C@@H](O)[C@H](C)[C@@H](O[C@@H]2O[C@H](C)C[C@H](N(C)C(=O)Nc3ccc(C)cc3)[C@H]2O)[C@](C)(O)C[C@@H](C)CN[C@H](C)[C@@H](O)[C@]1(C)O. The van der Waals surface area contributed by atoms with E-state index in [9.17, 15) is 35.1 Å². The first kappa shape index (κ1) is 41.1. The number of rotatable bonds is 5. The lowest BCUT2D eigenvalue weighted by Crippen LogP contribution is -2.60. The monoisotopic (exact) mass is 695 g/mol. The fourth-order valence-electron chi connectivity index (χ4n) is 7.23. The molecule has 1 aromatic rings. The molecule has 0 aliphatic carbocycles. The Balaban J connectivity index is 1.92. The lowest BCUT2D eigenvalue weighted by molar-refractivity contribution is -0.298. The molecule has 1 aromatic carbocycles. The van der Waals surface area contributed by atoms with Gasteiger partial charge in [-0.25, -0.2) is 4.79 Å². The quantitative estimate of drug-likeness (QED) is 0.224. The second-order valence-corrected chi connectivity index (χ2v) is 15.1. The van der Waals surface area contributed by atoms with E-state index in [1.807, 2.05) is 26.0 Å². The van der Waals surface area contributed by atoms with Gasteiger partial charge < -0.3 is 55.3 Å². The summed E-state index contributed by atoms with van der Waals surface area (Å²) < 4.78 is 18.2. The molecule has 2 saturated heterocycles. The van der Waals surface area contributed by atoms with Crippen molar-refractivity contribution in [3.8, 4) is 0 Å². The van der Waals surface area contributed by atoms with E-state index >= 15 is 0 Å². The summed E-state index contributed by atoms with van der Waals surface area (Å²) in [5.41, 5.74) is -1.75. The van der Waals surface area contributed by atoms with Gasteiger partial charge in [-0.1, -0.05) is 38.5 Å². The topological polar surface area (TPSA) is 190 Å². The third-order valence-corrected chi connectivity index (χ3v) is 10.4. The van der Waals surface area contributed by atoms with Crippen LogP contribution in [0.1, 0.15) is 80.2 Å². The Morgan fingerprint density at radius 2 is 1.67 bits per heavy atom. The van der Waals surface area contributed by atoms with Crippen LogP contribution in [0.25, 0.3) is 0 Å². The Bertz CT molecular complexity index is 1230. The van der Waals surface area contributed by atoms with Crippen molar-refractivity contribution in [3.63, 3.8) is 0 Å². The van der Waals surface area contributed by atoms with Gasteiger partial charge in [-0.3, -0.25) is 4.79 Å². The second-order valence-electron chi connectivity index (χ2n) is 15.1. The number of likely N-dealkylation sites (N-methyl/N-ethyl adjacent to an activating group) is 1. The molecule has 2 aliphatic rings. The number of aliphatic hydroxyl groups excluding tert-OH is 3. The maximum absolute atomic E-state index is 13.4. The Kier molecular flexibility index (Phi) is 14.1. The summed E-state index contributed by atoms with van der Waals surface area (Å²) in [5, 5.41) is 63.6.